The summed E-state index contributed by atoms with van der Waals surface area (Å²) in [4.78, 5) is 13.0. The fourth-order valence-corrected chi connectivity index (χ4v) is 7.90. The first-order valence-corrected chi connectivity index (χ1v) is 10.3. The number of hydrogen-bond donors (Lipinski definition) is 3. The Balaban J connectivity index is 1.67. The maximum atomic E-state index is 13.0. The molecule has 0 spiro atoms. The zero-order valence-corrected chi connectivity index (χ0v) is 15.8. The molecule has 0 heterocycles. The SMILES string of the molecule is CC(O)[C@H]1CC[C@H]2[C@@H]3CC(=O)[C@H]4C[C@H](O)[C@H](O)C[C@]4(C)[C@H]3CC[C@]12C. The van der Waals surface area contributed by atoms with Crippen LogP contribution in [0, 0.1) is 40.4 Å². The van der Waals surface area contributed by atoms with Gasteiger partial charge in [-0.25, -0.2) is 0 Å². The van der Waals surface area contributed by atoms with Crippen LogP contribution in [-0.2, 0) is 4.79 Å². The van der Waals surface area contributed by atoms with Crippen LogP contribution in [0.3, 0.4) is 0 Å². The predicted molar refractivity (Wildman–Crippen MR) is 94.7 cm³/mol. The molecule has 1 unspecified atom stereocenters. The topological polar surface area (TPSA) is 77.8 Å². The van der Waals surface area contributed by atoms with Crippen molar-refractivity contribution < 1.29 is 20.1 Å². The van der Waals surface area contributed by atoms with Crippen LogP contribution in [0.2, 0.25) is 0 Å². The lowest BCUT2D eigenvalue weighted by Crippen LogP contribution is -2.59. The van der Waals surface area contributed by atoms with Crippen LogP contribution in [0.1, 0.15) is 65.7 Å². The summed E-state index contributed by atoms with van der Waals surface area (Å²) in [6, 6.07) is 0. The van der Waals surface area contributed by atoms with Gasteiger partial charge in [-0.1, -0.05) is 13.8 Å². The number of ketones is 1. The van der Waals surface area contributed by atoms with Gasteiger partial charge in [-0.15, -0.1) is 0 Å². The van der Waals surface area contributed by atoms with Crippen molar-refractivity contribution in [1.82, 2.24) is 0 Å². The molecule has 0 bridgehead atoms. The Morgan fingerprint density at radius 2 is 1.72 bits per heavy atom. The van der Waals surface area contributed by atoms with Gasteiger partial charge in [0.25, 0.3) is 0 Å². The van der Waals surface area contributed by atoms with Crippen LogP contribution in [0.25, 0.3) is 0 Å². The van der Waals surface area contributed by atoms with E-state index in [9.17, 15) is 20.1 Å². The molecule has 0 aliphatic heterocycles. The first kappa shape index (κ1) is 17.9. The van der Waals surface area contributed by atoms with Crippen molar-refractivity contribution in [3.63, 3.8) is 0 Å². The van der Waals surface area contributed by atoms with Crippen LogP contribution in [-0.4, -0.2) is 39.4 Å². The zero-order valence-electron chi connectivity index (χ0n) is 15.8. The van der Waals surface area contributed by atoms with E-state index in [2.05, 4.69) is 13.8 Å². The summed E-state index contributed by atoms with van der Waals surface area (Å²) in [6.07, 6.45) is 4.28. The third kappa shape index (κ3) is 2.40. The second-order valence-corrected chi connectivity index (χ2v) is 10.1. The minimum Gasteiger partial charge on any atom is -0.393 e. The molecule has 25 heavy (non-hydrogen) atoms. The first-order valence-electron chi connectivity index (χ1n) is 10.3. The van der Waals surface area contributed by atoms with Crippen LogP contribution in [0.4, 0.5) is 0 Å². The fourth-order valence-electron chi connectivity index (χ4n) is 7.90. The van der Waals surface area contributed by atoms with Gasteiger partial charge >= 0.3 is 0 Å². The molecule has 0 radical (unpaired) electrons. The molecule has 4 fully saturated rings. The summed E-state index contributed by atoms with van der Waals surface area (Å²) in [6.45, 7) is 6.47. The molecule has 0 aromatic rings. The Morgan fingerprint density at radius 1 is 1.04 bits per heavy atom. The highest BCUT2D eigenvalue weighted by molar-refractivity contribution is 5.83. The molecule has 4 nitrogen and oxygen atoms in total. The Bertz CT molecular complexity index is 560. The largest absolute Gasteiger partial charge is 0.393 e. The number of carbonyl (C=O) groups is 1. The molecule has 4 heteroatoms. The standard InChI is InChI=1S/C21H34O4/c1-11(22)13-4-5-14-12-8-17(23)16-9-18(24)19(25)10-21(16,3)15(12)6-7-20(13,14)2/h11-16,18-19,22,24-25H,4-10H2,1-3H3/t11?,12-,13+,14-,15-,16+,18-,19+,20+,21+/m0/s1. The fraction of sp³-hybridized carbons (Fsp3) is 0.952. The lowest BCUT2D eigenvalue weighted by Gasteiger charge is -2.60. The van der Waals surface area contributed by atoms with Crippen LogP contribution < -0.4 is 0 Å². The van der Waals surface area contributed by atoms with E-state index in [0.29, 0.717) is 48.7 Å². The molecule has 0 aromatic carbocycles. The quantitative estimate of drug-likeness (QED) is 0.679. The van der Waals surface area contributed by atoms with E-state index in [0.717, 1.165) is 25.7 Å². The van der Waals surface area contributed by atoms with E-state index in [4.69, 9.17) is 0 Å². The summed E-state index contributed by atoms with van der Waals surface area (Å²) in [7, 11) is 0. The van der Waals surface area contributed by atoms with E-state index >= 15 is 0 Å². The monoisotopic (exact) mass is 350 g/mol. The molecule has 4 rings (SSSR count). The second kappa shape index (κ2) is 5.77. The van der Waals surface area contributed by atoms with Crippen molar-refractivity contribution in [2.45, 2.75) is 84.0 Å². The van der Waals surface area contributed by atoms with Gasteiger partial charge in [0.15, 0.2) is 0 Å². The minimum atomic E-state index is -0.751. The minimum absolute atomic E-state index is 0.0922. The molecule has 4 aliphatic carbocycles. The average molecular weight is 350 g/mol. The number of Topliss-reactive ketones (excluding diaryl/α,β-unsaturated/α-hetero) is 1. The molecule has 4 saturated carbocycles. The Labute approximate surface area is 151 Å². The highest BCUT2D eigenvalue weighted by Crippen LogP contribution is 2.67. The maximum Gasteiger partial charge on any atom is 0.136 e. The number of fused-ring (bicyclic) bond motifs is 5. The van der Waals surface area contributed by atoms with Crippen molar-refractivity contribution in [2.24, 2.45) is 40.4 Å². The van der Waals surface area contributed by atoms with Gasteiger partial charge in [0.1, 0.15) is 5.78 Å². The van der Waals surface area contributed by atoms with Gasteiger partial charge in [-0.3, -0.25) is 4.79 Å². The number of carbonyl (C=O) groups excluding carboxylic acids is 1. The van der Waals surface area contributed by atoms with Gasteiger partial charge in [0.05, 0.1) is 18.3 Å². The Morgan fingerprint density at radius 3 is 2.40 bits per heavy atom. The van der Waals surface area contributed by atoms with Gasteiger partial charge in [-0.05, 0) is 80.0 Å². The molecule has 142 valence electrons. The normalized spacial score (nSPS) is 56.7. The third-order valence-corrected chi connectivity index (χ3v) is 9.13. The van der Waals surface area contributed by atoms with Crippen LogP contribution in [0.5, 0.6) is 0 Å². The molecule has 0 saturated heterocycles. The molecule has 4 aliphatic rings. The van der Waals surface area contributed by atoms with E-state index < -0.39 is 12.2 Å². The van der Waals surface area contributed by atoms with Crippen molar-refractivity contribution in [3.8, 4) is 0 Å². The smallest absolute Gasteiger partial charge is 0.136 e. The molecule has 0 aromatic heterocycles. The summed E-state index contributed by atoms with van der Waals surface area (Å²) in [5.74, 6) is 1.92. The summed E-state index contributed by atoms with van der Waals surface area (Å²) in [5.41, 5.74) is -0.0332. The lowest BCUT2D eigenvalue weighted by atomic mass is 9.44. The number of hydrogen-bond acceptors (Lipinski definition) is 4. The highest BCUT2D eigenvalue weighted by Gasteiger charge is 2.63. The van der Waals surface area contributed by atoms with Crippen molar-refractivity contribution >= 4 is 5.78 Å². The van der Waals surface area contributed by atoms with Crippen LogP contribution in [0.15, 0.2) is 0 Å². The predicted octanol–water partition coefficient (Wildman–Crippen LogP) is 2.54. The van der Waals surface area contributed by atoms with E-state index in [1.165, 1.54) is 0 Å². The Hall–Kier alpha value is -0.450. The summed E-state index contributed by atoms with van der Waals surface area (Å²) < 4.78 is 0. The lowest BCUT2D eigenvalue weighted by molar-refractivity contribution is -0.174. The maximum absolute atomic E-state index is 13.0. The van der Waals surface area contributed by atoms with E-state index in [1.54, 1.807) is 0 Å². The van der Waals surface area contributed by atoms with Gasteiger partial charge < -0.3 is 15.3 Å². The summed E-state index contributed by atoms with van der Waals surface area (Å²) in [5, 5.41) is 30.7. The number of rotatable bonds is 1. The molecular weight excluding hydrogens is 316 g/mol. The third-order valence-electron chi connectivity index (χ3n) is 9.13. The number of aliphatic hydroxyl groups is 3. The second-order valence-electron chi connectivity index (χ2n) is 10.1. The van der Waals surface area contributed by atoms with Crippen LogP contribution >= 0.6 is 0 Å². The van der Waals surface area contributed by atoms with Gasteiger partial charge in [0, 0.05) is 12.3 Å². The molecule has 0 amide bonds. The van der Waals surface area contributed by atoms with Gasteiger partial charge in [0.2, 0.25) is 0 Å². The van der Waals surface area contributed by atoms with Crippen molar-refractivity contribution in [3.05, 3.63) is 0 Å². The van der Waals surface area contributed by atoms with E-state index in [-0.39, 0.29) is 22.9 Å². The molecular formula is C21H34O4. The van der Waals surface area contributed by atoms with Crippen molar-refractivity contribution in [1.29, 1.82) is 0 Å². The number of aliphatic hydroxyl groups excluding tert-OH is 3. The molecule has 10 atom stereocenters. The molecule has 3 N–H and O–H groups in total. The first-order chi connectivity index (χ1) is 11.7. The highest BCUT2D eigenvalue weighted by atomic mass is 16.3. The summed E-state index contributed by atoms with van der Waals surface area (Å²) >= 11 is 0. The van der Waals surface area contributed by atoms with Gasteiger partial charge in [-0.2, -0.15) is 0 Å². The zero-order chi connectivity index (χ0) is 18.1. The average Bonchev–Trinajstić information content (AvgIpc) is 2.88. The van der Waals surface area contributed by atoms with E-state index in [1.807, 2.05) is 6.92 Å². The Kier molecular flexibility index (Phi) is 4.14. The van der Waals surface area contributed by atoms with Crippen molar-refractivity contribution in [2.75, 3.05) is 0 Å².